The molecule has 0 aliphatic rings. The SMILES string of the molecule is COc1cccc(CN(C)c2ccc(N)cc2C)c1. The predicted octanol–water partition coefficient (Wildman–Crippen LogP) is 3.22. The Balaban J connectivity index is 2.17. The Bertz CT molecular complexity index is 566. The highest BCUT2D eigenvalue weighted by atomic mass is 16.5. The maximum absolute atomic E-state index is 5.78. The van der Waals surface area contributed by atoms with E-state index in [-0.39, 0.29) is 0 Å². The fourth-order valence-corrected chi connectivity index (χ4v) is 2.24. The van der Waals surface area contributed by atoms with Gasteiger partial charge in [0.2, 0.25) is 0 Å². The molecule has 2 aromatic carbocycles. The van der Waals surface area contributed by atoms with E-state index in [4.69, 9.17) is 10.5 Å². The van der Waals surface area contributed by atoms with Gasteiger partial charge in [-0.3, -0.25) is 0 Å². The van der Waals surface area contributed by atoms with E-state index in [1.807, 2.05) is 24.3 Å². The Morgan fingerprint density at radius 1 is 1.16 bits per heavy atom. The summed E-state index contributed by atoms with van der Waals surface area (Å²) in [5.41, 5.74) is 10.2. The number of anilines is 2. The first-order chi connectivity index (χ1) is 9.10. The maximum Gasteiger partial charge on any atom is 0.119 e. The van der Waals surface area contributed by atoms with Crippen molar-refractivity contribution in [2.45, 2.75) is 13.5 Å². The molecule has 0 aliphatic heterocycles. The molecule has 0 heterocycles. The Kier molecular flexibility index (Phi) is 3.95. The first kappa shape index (κ1) is 13.3. The quantitative estimate of drug-likeness (QED) is 0.854. The van der Waals surface area contributed by atoms with Gasteiger partial charge in [-0.05, 0) is 48.4 Å². The van der Waals surface area contributed by atoms with Crippen LogP contribution in [-0.4, -0.2) is 14.2 Å². The van der Waals surface area contributed by atoms with Gasteiger partial charge in [-0.1, -0.05) is 12.1 Å². The third-order valence-electron chi connectivity index (χ3n) is 3.19. The molecule has 0 bridgehead atoms. The lowest BCUT2D eigenvalue weighted by molar-refractivity contribution is 0.414. The number of hydrogen-bond acceptors (Lipinski definition) is 3. The molecule has 0 unspecified atom stereocenters. The number of rotatable bonds is 4. The van der Waals surface area contributed by atoms with Crippen LogP contribution < -0.4 is 15.4 Å². The molecule has 2 aromatic rings. The molecule has 0 saturated heterocycles. The summed E-state index contributed by atoms with van der Waals surface area (Å²) in [5.74, 6) is 0.889. The fourth-order valence-electron chi connectivity index (χ4n) is 2.24. The topological polar surface area (TPSA) is 38.5 Å². The summed E-state index contributed by atoms with van der Waals surface area (Å²) < 4.78 is 5.25. The number of nitrogen functional groups attached to an aromatic ring is 1. The van der Waals surface area contributed by atoms with E-state index in [1.54, 1.807) is 7.11 Å². The lowest BCUT2D eigenvalue weighted by atomic mass is 10.1. The first-order valence-corrected chi connectivity index (χ1v) is 6.30. The Hall–Kier alpha value is -2.16. The highest BCUT2D eigenvalue weighted by Gasteiger charge is 2.06. The molecule has 3 heteroatoms. The van der Waals surface area contributed by atoms with E-state index in [9.17, 15) is 0 Å². The summed E-state index contributed by atoms with van der Waals surface area (Å²) in [4.78, 5) is 2.21. The van der Waals surface area contributed by atoms with Gasteiger partial charge in [-0.15, -0.1) is 0 Å². The molecule has 0 saturated carbocycles. The second-order valence-corrected chi connectivity index (χ2v) is 4.75. The molecule has 0 atom stereocenters. The standard InChI is InChI=1S/C16H20N2O/c1-12-9-14(17)7-8-16(12)18(2)11-13-5-4-6-15(10-13)19-3/h4-10H,11,17H2,1-3H3. The minimum absolute atomic E-state index is 0.802. The van der Waals surface area contributed by atoms with Crippen molar-refractivity contribution in [3.05, 3.63) is 53.6 Å². The van der Waals surface area contributed by atoms with E-state index < -0.39 is 0 Å². The number of aryl methyl sites for hydroxylation is 1. The van der Waals surface area contributed by atoms with Crippen LogP contribution in [0.3, 0.4) is 0 Å². The zero-order valence-corrected chi connectivity index (χ0v) is 11.7. The second kappa shape index (κ2) is 5.65. The Morgan fingerprint density at radius 2 is 1.95 bits per heavy atom. The van der Waals surface area contributed by atoms with Crippen LogP contribution in [0.5, 0.6) is 5.75 Å². The molecular formula is C16H20N2O. The van der Waals surface area contributed by atoms with Crippen molar-refractivity contribution in [3.8, 4) is 5.75 Å². The van der Waals surface area contributed by atoms with Gasteiger partial charge in [0.1, 0.15) is 5.75 Å². The average Bonchev–Trinajstić information content (AvgIpc) is 2.38. The van der Waals surface area contributed by atoms with Gasteiger partial charge in [0.25, 0.3) is 0 Å². The number of benzene rings is 2. The van der Waals surface area contributed by atoms with Crippen molar-refractivity contribution in [2.24, 2.45) is 0 Å². The minimum Gasteiger partial charge on any atom is -0.497 e. The third-order valence-corrected chi connectivity index (χ3v) is 3.19. The number of nitrogens with zero attached hydrogens (tertiary/aromatic N) is 1. The van der Waals surface area contributed by atoms with Crippen LogP contribution in [0.4, 0.5) is 11.4 Å². The summed E-state index contributed by atoms with van der Waals surface area (Å²) in [7, 11) is 3.77. The van der Waals surface area contributed by atoms with E-state index in [2.05, 4.69) is 37.1 Å². The fraction of sp³-hybridized carbons (Fsp3) is 0.250. The van der Waals surface area contributed by atoms with Gasteiger partial charge < -0.3 is 15.4 Å². The maximum atomic E-state index is 5.78. The summed E-state index contributed by atoms with van der Waals surface area (Å²) >= 11 is 0. The van der Waals surface area contributed by atoms with Gasteiger partial charge in [-0.2, -0.15) is 0 Å². The van der Waals surface area contributed by atoms with E-state index >= 15 is 0 Å². The van der Waals surface area contributed by atoms with Crippen LogP contribution in [-0.2, 0) is 6.54 Å². The highest BCUT2D eigenvalue weighted by molar-refractivity contribution is 5.59. The van der Waals surface area contributed by atoms with E-state index in [0.29, 0.717) is 0 Å². The van der Waals surface area contributed by atoms with Crippen LogP contribution in [0, 0.1) is 6.92 Å². The lowest BCUT2D eigenvalue weighted by Crippen LogP contribution is -2.17. The van der Waals surface area contributed by atoms with Crippen LogP contribution in [0.2, 0.25) is 0 Å². The van der Waals surface area contributed by atoms with Gasteiger partial charge >= 0.3 is 0 Å². The van der Waals surface area contributed by atoms with Crippen molar-refractivity contribution in [1.82, 2.24) is 0 Å². The molecule has 19 heavy (non-hydrogen) atoms. The van der Waals surface area contributed by atoms with Crippen LogP contribution in [0.15, 0.2) is 42.5 Å². The summed E-state index contributed by atoms with van der Waals surface area (Å²) in [6, 6.07) is 14.1. The molecule has 2 rings (SSSR count). The minimum atomic E-state index is 0.802. The molecule has 0 fully saturated rings. The number of hydrogen-bond donors (Lipinski definition) is 1. The zero-order chi connectivity index (χ0) is 13.8. The van der Waals surface area contributed by atoms with Crippen molar-refractivity contribution in [2.75, 3.05) is 24.8 Å². The van der Waals surface area contributed by atoms with Crippen molar-refractivity contribution < 1.29 is 4.74 Å². The molecule has 0 radical (unpaired) electrons. The number of ether oxygens (including phenoxy) is 1. The van der Waals surface area contributed by atoms with Gasteiger partial charge in [0, 0.05) is 25.0 Å². The van der Waals surface area contributed by atoms with Crippen LogP contribution >= 0.6 is 0 Å². The van der Waals surface area contributed by atoms with E-state index in [1.165, 1.54) is 16.8 Å². The van der Waals surface area contributed by atoms with Crippen molar-refractivity contribution in [1.29, 1.82) is 0 Å². The summed E-state index contributed by atoms with van der Waals surface area (Å²) in [5, 5.41) is 0. The Morgan fingerprint density at radius 3 is 2.63 bits per heavy atom. The van der Waals surface area contributed by atoms with Crippen molar-refractivity contribution >= 4 is 11.4 Å². The predicted molar refractivity (Wildman–Crippen MR) is 80.7 cm³/mol. The van der Waals surface area contributed by atoms with Gasteiger partial charge in [0.15, 0.2) is 0 Å². The largest absolute Gasteiger partial charge is 0.497 e. The normalized spacial score (nSPS) is 10.3. The zero-order valence-electron chi connectivity index (χ0n) is 11.7. The highest BCUT2D eigenvalue weighted by Crippen LogP contribution is 2.23. The molecule has 0 amide bonds. The number of methoxy groups -OCH3 is 1. The Labute approximate surface area is 114 Å². The third kappa shape index (κ3) is 3.19. The molecule has 0 aliphatic carbocycles. The van der Waals surface area contributed by atoms with Crippen LogP contribution in [0.1, 0.15) is 11.1 Å². The molecule has 0 aromatic heterocycles. The summed E-state index contributed by atoms with van der Waals surface area (Å²) in [6.45, 7) is 2.91. The van der Waals surface area contributed by atoms with Gasteiger partial charge in [0.05, 0.1) is 7.11 Å². The summed E-state index contributed by atoms with van der Waals surface area (Å²) in [6.07, 6.45) is 0. The van der Waals surface area contributed by atoms with Gasteiger partial charge in [-0.25, -0.2) is 0 Å². The molecule has 0 spiro atoms. The lowest BCUT2D eigenvalue weighted by Gasteiger charge is -2.22. The monoisotopic (exact) mass is 256 g/mol. The second-order valence-electron chi connectivity index (χ2n) is 4.75. The molecule has 2 N–H and O–H groups in total. The van der Waals surface area contributed by atoms with E-state index in [0.717, 1.165) is 18.0 Å². The smallest absolute Gasteiger partial charge is 0.119 e. The molecule has 3 nitrogen and oxygen atoms in total. The van der Waals surface area contributed by atoms with Crippen LogP contribution in [0.25, 0.3) is 0 Å². The average molecular weight is 256 g/mol. The molecular weight excluding hydrogens is 236 g/mol. The van der Waals surface area contributed by atoms with Crippen molar-refractivity contribution in [3.63, 3.8) is 0 Å². The number of nitrogens with two attached hydrogens (primary N) is 1. The molecule has 100 valence electrons. The first-order valence-electron chi connectivity index (χ1n) is 6.30.